The number of hydrogen-bond donors (Lipinski definition) is 2. The quantitative estimate of drug-likeness (QED) is 0.622. The average molecular weight is 294 g/mol. The van der Waals surface area contributed by atoms with E-state index in [9.17, 15) is 9.59 Å². The number of thiophene rings is 1. The second-order valence-electron chi connectivity index (χ2n) is 5.50. The summed E-state index contributed by atoms with van der Waals surface area (Å²) in [5.74, 6) is 0.355. The molecule has 0 unspecified atom stereocenters. The van der Waals surface area contributed by atoms with Crippen molar-refractivity contribution >= 4 is 33.8 Å². The van der Waals surface area contributed by atoms with Crippen molar-refractivity contribution in [3.05, 3.63) is 10.4 Å². The number of nitrogens with two attached hydrogens (primary N) is 1. The third kappa shape index (κ3) is 2.52. The minimum Gasteiger partial charge on any atom is -0.465 e. The van der Waals surface area contributed by atoms with Crippen LogP contribution in [0.15, 0.2) is 0 Å². The van der Waals surface area contributed by atoms with Gasteiger partial charge in [-0.05, 0) is 31.6 Å². The van der Waals surface area contributed by atoms with Gasteiger partial charge in [0.1, 0.15) is 10.6 Å². The molecule has 1 aromatic heterocycles. The molecule has 3 N–H and O–H groups in total. The van der Waals surface area contributed by atoms with Crippen LogP contribution in [0.4, 0.5) is 10.7 Å². The van der Waals surface area contributed by atoms with E-state index in [4.69, 9.17) is 10.5 Å². The van der Waals surface area contributed by atoms with Crippen molar-refractivity contribution < 1.29 is 14.3 Å². The maximum absolute atomic E-state index is 12.2. The van der Waals surface area contributed by atoms with Gasteiger partial charge in [-0.25, -0.2) is 4.79 Å². The van der Waals surface area contributed by atoms with Crippen LogP contribution in [-0.2, 0) is 4.74 Å². The van der Waals surface area contributed by atoms with E-state index in [1.807, 2.05) is 0 Å². The number of nitrogen functional groups attached to an aromatic ring is 1. The van der Waals surface area contributed by atoms with Crippen LogP contribution in [0, 0.1) is 11.8 Å². The molecule has 0 radical (unpaired) electrons. The second-order valence-corrected chi connectivity index (χ2v) is 6.52. The third-order valence-corrected chi connectivity index (χ3v) is 4.93. The minimum atomic E-state index is -0.480. The highest BCUT2D eigenvalue weighted by Gasteiger charge is 2.35. The molecule has 5 nitrogen and oxygen atoms in total. The van der Waals surface area contributed by atoms with Crippen LogP contribution < -0.4 is 11.1 Å². The van der Waals surface area contributed by atoms with Gasteiger partial charge in [-0.15, -0.1) is 11.3 Å². The molecule has 6 heteroatoms. The number of rotatable bonds is 6. The monoisotopic (exact) mass is 294 g/mol. The number of carbonyl (C=O) groups excluding carboxylic acids is 2. The second kappa shape index (κ2) is 5.09. The Hall–Kier alpha value is -1.56. The van der Waals surface area contributed by atoms with Crippen LogP contribution in [0.2, 0.25) is 0 Å². The molecular weight excluding hydrogens is 276 g/mol. The summed E-state index contributed by atoms with van der Waals surface area (Å²) in [6.07, 6.45) is 4.29. The molecule has 1 heterocycles. The highest BCUT2D eigenvalue weighted by Crippen LogP contribution is 2.42. The Labute approximate surface area is 121 Å². The number of methoxy groups -OCH3 is 1. The van der Waals surface area contributed by atoms with Crippen LogP contribution >= 0.6 is 11.3 Å². The molecule has 0 aliphatic heterocycles. The lowest BCUT2D eigenvalue weighted by atomic mass is 10.1. The predicted octanol–water partition coefficient (Wildman–Crippen LogP) is 2.53. The summed E-state index contributed by atoms with van der Waals surface area (Å²) in [5.41, 5.74) is 6.61. The summed E-state index contributed by atoms with van der Waals surface area (Å²) in [6.45, 7) is 0.820. The first-order valence-corrected chi connectivity index (χ1v) is 7.72. The summed E-state index contributed by atoms with van der Waals surface area (Å²) in [7, 11) is 1.33. The van der Waals surface area contributed by atoms with Gasteiger partial charge in [-0.1, -0.05) is 0 Å². The zero-order valence-corrected chi connectivity index (χ0v) is 12.2. The smallest absolute Gasteiger partial charge is 0.343 e. The Bertz CT molecular complexity index is 559. The molecule has 2 aliphatic rings. The number of ether oxygens (including phenoxy) is 1. The maximum Gasteiger partial charge on any atom is 0.343 e. The zero-order chi connectivity index (χ0) is 14.3. The van der Waals surface area contributed by atoms with E-state index in [0.29, 0.717) is 21.4 Å². The standard InChI is InChI=1S/C14H18N2O3S/c1-19-14(18)9-10(15)12(11(17)8-4-5-8)20-13(9)16-6-7-2-3-7/h7-8,16H,2-6,15H2,1H3. The van der Waals surface area contributed by atoms with E-state index in [-0.39, 0.29) is 17.4 Å². The van der Waals surface area contributed by atoms with Gasteiger partial charge in [-0.3, -0.25) is 4.79 Å². The van der Waals surface area contributed by atoms with Crippen molar-refractivity contribution in [1.82, 2.24) is 0 Å². The van der Waals surface area contributed by atoms with Crippen LogP contribution in [0.5, 0.6) is 0 Å². The molecule has 0 atom stereocenters. The van der Waals surface area contributed by atoms with Crippen molar-refractivity contribution in [3.63, 3.8) is 0 Å². The molecule has 2 fully saturated rings. The van der Waals surface area contributed by atoms with Gasteiger partial charge < -0.3 is 15.8 Å². The number of hydrogen-bond acceptors (Lipinski definition) is 6. The van der Waals surface area contributed by atoms with Crippen molar-refractivity contribution in [2.24, 2.45) is 11.8 Å². The van der Waals surface area contributed by atoms with E-state index >= 15 is 0 Å². The number of Topliss-reactive ketones (excluding diaryl/α,β-unsaturated/α-hetero) is 1. The molecule has 0 amide bonds. The van der Waals surface area contributed by atoms with Crippen molar-refractivity contribution in [2.75, 3.05) is 24.7 Å². The molecule has 0 saturated heterocycles. The summed E-state index contributed by atoms with van der Waals surface area (Å²) < 4.78 is 4.79. The molecule has 3 rings (SSSR count). The van der Waals surface area contributed by atoms with Crippen molar-refractivity contribution in [2.45, 2.75) is 25.7 Å². The Morgan fingerprint density at radius 3 is 2.60 bits per heavy atom. The van der Waals surface area contributed by atoms with Gasteiger partial charge in [0.15, 0.2) is 5.78 Å². The van der Waals surface area contributed by atoms with Gasteiger partial charge in [0.05, 0.1) is 17.7 Å². The average Bonchev–Trinajstić information content (AvgIpc) is 3.33. The van der Waals surface area contributed by atoms with Gasteiger partial charge >= 0.3 is 5.97 Å². The molecule has 108 valence electrons. The molecule has 0 bridgehead atoms. The number of carbonyl (C=O) groups is 2. The normalized spacial score (nSPS) is 17.9. The molecule has 1 aromatic rings. The number of ketones is 1. The van der Waals surface area contributed by atoms with E-state index in [1.54, 1.807) is 0 Å². The topological polar surface area (TPSA) is 81.4 Å². The van der Waals surface area contributed by atoms with Gasteiger partial charge in [-0.2, -0.15) is 0 Å². The number of nitrogens with one attached hydrogen (secondary N) is 1. The fraction of sp³-hybridized carbons (Fsp3) is 0.571. The lowest BCUT2D eigenvalue weighted by molar-refractivity contribution is 0.0603. The van der Waals surface area contributed by atoms with Crippen LogP contribution in [0.25, 0.3) is 0 Å². The largest absolute Gasteiger partial charge is 0.465 e. The Morgan fingerprint density at radius 2 is 2.05 bits per heavy atom. The van der Waals surface area contributed by atoms with Crippen molar-refractivity contribution in [3.8, 4) is 0 Å². The van der Waals surface area contributed by atoms with Gasteiger partial charge in [0.2, 0.25) is 0 Å². The molecular formula is C14H18N2O3S. The Morgan fingerprint density at radius 1 is 1.35 bits per heavy atom. The first-order chi connectivity index (χ1) is 9.61. The lowest BCUT2D eigenvalue weighted by Gasteiger charge is -2.05. The summed E-state index contributed by atoms with van der Waals surface area (Å²) in [6, 6.07) is 0. The molecule has 0 spiro atoms. The molecule has 2 saturated carbocycles. The fourth-order valence-electron chi connectivity index (χ4n) is 2.15. The lowest BCUT2D eigenvalue weighted by Crippen LogP contribution is -2.10. The first-order valence-electron chi connectivity index (χ1n) is 6.90. The van der Waals surface area contributed by atoms with E-state index in [0.717, 1.165) is 19.4 Å². The molecule has 0 aromatic carbocycles. The maximum atomic E-state index is 12.2. The van der Waals surface area contributed by atoms with Gasteiger partial charge in [0.25, 0.3) is 0 Å². The van der Waals surface area contributed by atoms with E-state index in [1.165, 1.54) is 31.3 Å². The fourth-order valence-corrected chi connectivity index (χ4v) is 3.28. The van der Waals surface area contributed by atoms with Crippen LogP contribution in [-0.4, -0.2) is 25.4 Å². The highest BCUT2D eigenvalue weighted by atomic mass is 32.1. The first kappa shape index (κ1) is 13.4. The molecule has 2 aliphatic carbocycles. The summed E-state index contributed by atoms with van der Waals surface area (Å²) in [4.78, 5) is 24.6. The van der Waals surface area contributed by atoms with E-state index in [2.05, 4.69) is 5.32 Å². The Kier molecular flexibility index (Phi) is 3.41. The minimum absolute atomic E-state index is 0.0668. The number of esters is 1. The molecule has 20 heavy (non-hydrogen) atoms. The Balaban J connectivity index is 1.90. The predicted molar refractivity (Wildman–Crippen MR) is 78.3 cm³/mol. The van der Waals surface area contributed by atoms with Crippen molar-refractivity contribution in [1.29, 1.82) is 0 Å². The van der Waals surface area contributed by atoms with Gasteiger partial charge in [0, 0.05) is 12.5 Å². The summed E-state index contributed by atoms with van der Waals surface area (Å²) in [5, 5.41) is 3.92. The third-order valence-electron chi connectivity index (χ3n) is 3.75. The van der Waals surface area contributed by atoms with Crippen LogP contribution in [0.3, 0.4) is 0 Å². The highest BCUT2D eigenvalue weighted by molar-refractivity contribution is 7.19. The summed E-state index contributed by atoms with van der Waals surface area (Å²) >= 11 is 1.29. The number of anilines is 2. The SMILES string of the molecule is COC(=O)c1c(NCC2CC2)sc(C(=O)C2CC2)c1N. The zero-order valence-electron chi connectivity index (χ0n) is 11.4. The van der Waals surface area contributed by atoms with Crippen LogP contribution in [0.1, 0.15) is 45.7 Å². The van der Waals surface area contributed by atoms with E-state index < -0.39 is 5.97 Å².